The first-order chi connectivity index (χ1) is 17.4. The summed E-state index contributed by atoms with van der Waals surface area (Å²) in [5.74, 6) is 4.90. The van der Waals surface area contributed by atoms with Gasteiger partial charge < -0.3 is 21.1 Å². The Morgan fingerprint density at radius 2 is 1.58 bits per heavy atom. The van der Waals surface area contributed by atoms with E-state index in [1.807, 2.05) is 6.07 Å². The Bertz CT molecular complexity index is 1250. The molecule has 0 aliphatic rings. The first kappa shape index (κ1) is 25.9. The van der Waals surface area contributed by atoms with Crippen LogP contribution in [0.2, 0.25) is 0 Å². The monoisotopic (exact) mass is 487 g/mol. The van der Waals surface area contributed by atoms with E-state index >= 15 is 0 Å². The van der Waals surface area contributed by atoms with Gasteiger partial charge in [0.25, 0.3) is 11.8 Å². The molecule has 0 aliphatic heterocycles. The molecule has 0 bridgehead atoms. The Morgan fingerprint density at radius 3 is 2.14 bits per heavy atom. The van der Waals surface area contributed by atoms with Crippen LogP contribution in [0.15, 0.2) is 72.9 Å². The van der Waals surface area contributed by atoms with Gasteiger partial charge in [-0.15, -0.1) is 0 Å². The van der Waals surface area contributed by atoms with Crippen molar-refractivity contribution in [1.29, 1.82) is 0 Å². The summed E-state index contributed by atoms with van der Waals surface area (Å²) in [4.78, 5) is 40.1. The van der Waals surface area contributed by atoms with Crippen LogP contribution in [0.3, 0.4) is 0 Å². The number of carbonyl (C=O) groups excluding carboxylic acids is 3. The molecule has 3 amide bonds. The smallest absolute Gasteiger partial charge is 0.268 e. The summed E-state index contributed by atoms with van der Waals surface area (Å²) < 4.78 is 0. The van der Waals surface area contributed by atoms with Gasteiger partial charge in [-0.1, -0.05) is 17.9 Å². The van der Waals surface area contributed by atoms with Crippen LogP contribution in [-0.4, -0.2) is 51.7 Å². The fourth-order valence-electron chi connectivity index (χ4n) is 3.03. The van der Waals surface area contributed by atoms with Crippen molar-refractivity contribution in [3.63, 3.8) is 0 Å². The van der Waals surface area contributed by atoms with Crippen molar-refractivity contribution in [3.05, 3.63) is 89.6 Å². The number of hydroxylamine groups is 1. The third-order valence-corrected chi connectivity index (χ3v) is 4.92. The number of rotatable bonds is 8. The molecule has 2 atom stereocenters. The first-order valence-corrected chi connectivity index (χ1v) is 11.0. The van der Waals surface area contributed by atoms with E-state index in [1.165, 1.54) is 24.5 Å². The number of hydrogen-bond donors (Lipinski definition) is 6. The minimum Gasteiger partial charge on any atom is -0.391 e. The van der Waals surface area contributed by atoms with Crippen LogP contribution in [0.25, 0.3) is 0 Å². The fourth-order valence-corrected chi connectivity index (χ4v) is 3.03. The molecule has 10 nitrogen and oxygen atoms in total. The van der Waals surface area contributed by atoms with Crippen LogP contribution >= 0.6 is 0 Å². The standard InChI is InChI=1S/C26H25N5O5/c1-17(32)24(26(35)31-36)30-25(34)20-11-7-18(8-12-20)5-6-19-9-13-21(14-10-19)29-23(33)16-28-22-4-2-3-15-27-22/h2-4,7-15,17,24,32,36H,16H2,1H3,(H,27,28)(H,29,33)(H,30,34)(H,31,35). The minimum atomic E-state index is -1.30. The van der Waals surface area contributed by atoms with Gasteiger partial charge in [0.2, 0.25) is 5.91 Å². The Kier molecular flexibility index (Phi) is 9.11. The second kappa shape index (κ2) is 12.7. The summed E-state index contributed by atoms with van der Waals surface area (Å²) in [6, 6.07) is 17.5. The van der Waals surface area contributed by atoms with Crippen molar-refractivity contribution in [1.82, 2.24) is 15.8 Å². The zero-order valence-electron chi connectivity index (χ0n) is 19.4. The third kappa shape index (κ3) is 7.66. The number of amides is 3. The molecule has 0 fully saturated rings. The molecule has 10 heteroatoms. The van der Waals surface area contributed by atoms with E-state index in [2.05, 4.69) is 32.8 Å². The molecule has 36 heavy (non-hydrogen) atoms. The average molecular weight is 488 g/mol. The Balaban J connectivity index is 1.54. The number of hydrogen-bond acceptors (Lipinski definition) is 7. The maximum atomic E-state index is 12.3. The van der Waals surface area contributed by atoms with Crippen LogP contribution in [0.4, 0.5) is 11.5 Å². The zero-order chi connectivity index (χ0) is 25.9. The highest BCUT2D eigenvalue weighted by Crippen LogP contribution is 2.10. The topological polar surface area (TPSA) is 153 Å². The predicted molar refractivity (Wildman–Crippen MR) is 133 cm³/mol. The van der Waals surface area contributed by atoms with Gasteiger partial charge in [0.15, 0.2) is 0 Å². The lowest BCUT2D eigenvalue weighted by molar-refractivity contribution is -0.133. The Labute approximate surface area is 207 Å². The predicted octanol–water partition coefficient (Wildman–Crippen LogP) is 1.52. The second-order valence-electron chi connectivity index (χ2n) is 7.69. The number of aliphatic hydroxyl groups excluding tert-OH is 1. The SMILES string of the molecule is CC(O)C(NC(=O)c1ccc(C#Cc2ccc(NC(=O)CNc3ccccn3)cc2)cc1)C(=O)NO. The molecule has 6 N–H and O–H groups in total. The van der Waals surface area contributed by atoms with E-state index in [9.17, 15) is 19.5 Å². The van der Waals surface area contributed by atoms with Crippen molar-refractivity contribution in [2.75, 3.05) is 17.2 Å². The van der Waals surface area contributed by atoms with Crippen molar-refractivity contribution in [2.24, 2.45) is 0 Å². The van der Waals surface area contributed by atoms with Crippen LogP contribution in [-0.2, 0) is 9.59 Å². The van der Waals surface area contributed by atoms with Crippen molar-refractivity contribution in [2.45, 2.75) is 19.1 Å². The average Bonchev–Trinajstić information content (AvgIpc) is 2.90. The largest absolute Gasteiger partial charge is 0.391 e. The highest BCUT2D eigenvalue weighted by molar-refractivity contribution is 5.97. The highest BCUT2D eigenvalue weighted by Gasteiger charge is 2.25. The molecule has 1 aromatic heterocycles. The molecule has 0 radical (unpaired) electrons. The van der Waals surface area contributed by atoms with E-state index in [0.29, 0.717) is 17.1 Å². The fraction of sp³-hybridized carbons (Fsp3) is 0.154. The molecule has 2 aromatic carbocycles. The Hall–Kier alpha value is -4.72. The van der Waals surface area contributed by atoms with Crippen LogP contribution in [0.5, 0.6) is 0 Å². The molecule has 0 saturated carbocycles. The molecule has 3 aromatic rings. The molecule has 0 spiro atoms. The summed E-state index contributed by atoms with van der Waals surface area (Å²) in [5.41, 5.74) is 3.69. The van der Waals surface area contributed by atoms with E-state index in [4.69, 9.17) is 5.21 Å². The van der Waals surface area contributed by atoms with E-state index in [0.717, 1.165) is 5.56 Å². The molecule has 3 rings (SSSR count). The number of nitrogens with zero attached hydrogens (tertiary/aromatic N) is 1. The number of aromatic nitrogens is 1. The first-order valence-electron chi connectivity index (χ1n) is 11.0. The molecule has 2 unspecified atom stereocenters. The maximum Gasteiger partial charge on any atom is 0.268 e. The highest BCUT2D eigenvalue weighted by atomic mass is 16.5. The number of pyridine rings is 1. The maximum absolute atomic E-state index is 12.3. The molecule has 0 saturated heterocycles. The van der Waals surface area contributed by atoms with Gasteiger partial charge in [0, 0.05) is 28.6 Å². The third-order valence-electron chi connectivity index (χ3n) is 4.92. The molecule has 0 aliphatic carbocycles. The lowest BCUT2D eigenvalue weighted by atomic mass is 10.1. The quantitative estimate of drug-likeness (QED) is 0.160. The van der Waals surface area contributed by atoms with Crippen molar-refractivity contribution < 1.29 is 24.7 Å². The van der Waals surface area contributed by atoms with Gasteiger partial charge >= 0.3 is 0 Å². The molecule has 184 valence electrons. The molecular formula is C26H25N5O5. The van der Waals surface area contributed by atoms with E-state index < -0.39 is 24.0 Å². The van der Waals surface area contributed by atoms with Gasteiger partial charge in [-0.3, -0.25) is 19.6 Å². The summed E-state index contributed by atoms with van der Waals surface area (Å²) in [6.45, 7) is 1.40. The normalized spacial score (nSPS) is 11.8. The summed E-state index contributed by atoms with van der Waals surface area (Å²) in [5, 5.41) is 26.5. The van der Waals surface area contributed by atoms with E-state index in [-0.39, 0.29) is 18.0 Å². The van der Waals surface area contributed by atoms with Crippen molar-refractivity contribution >= 4 is 29.2 Å². The van der Waals surface area contributed by atoms with Crippen LogP contribution in [0, 0.1) is 11.8 Å². The van der Waals surface area contributed by atoms with Crippen LogP contribution < -0.4 is 21.4 Å². The lowest BCUT2D eigenvalue weighted by Crippen LogP contribution is -2.51. The molecule has 1 heterocycles. The minimum absolute atomic E-state index is 0.0842. The number of nitrogens with one attached hydrogen (secondary N) is 4. The molecular weight excluding hydrogens is 462 g/mol. The number of carbonyl (C=O) groups is 3. The summed E-state index contributed by atoms with van der Waals surface area (Å²) in [7, 11) is 0. The Morgan fingerprint density at radius 1 is 0.944 bits per heavy atom. The summed E-state index contributed by atoms with van der Waals surface area (Å²) >= 11 is 0. The zero-order valence-corrected chi connectivity index (χ0v) is 19.4. The van der Waals surface area contributed by atoms with Crippen molar-refractivity contribution in [3.8, 4) is 11.8 Å². The summed E-state index contributed by atoms with van der Waals surface area (Å²) in [6.07, 6.45) is 0.440. The van der Waals surface area contributed by atoms with Gasteiger partial charge in [-0.05, 0) is 67.6 Å². The number of aliphatic hydroxyl groups is 1. The number of benzene rings is 2. The lowest BCUT2D eigenvalue weighted by Gasteiger charge is -2.19. The van der Waals surface area contributed by atoms with Crippen LogP contribution in [0.1, 0.15) is 28.4 Å². The van der Waals surface area contributed by atoms with E-state index in [1.54, 1.807) is 54.7 Å². The number of anilines is 2. The van der Waals surface area contributed by atoms with Gasteiger partial charge in [-0.2, -0.15) is 0 Å². The van der Waals surface area contributed by atoms with Gasteiger partial charge in [-0.25, -0.2) is 10.5 Å². The van der Waals surface area contributed by atoms with Gasteiger partial charge in [0.05, 0.1) is 12.6 Å². The second-order valence-corrected chi connectivity index (χ2v) is 7.69. The van der Waals surface area contributed by atoms with Gasteiger partial charge in [0.1, 0.15) is 11.9 Å².